The predicted molar refractivity (Wildman–Crippen MR) is 130 cm³/mol. The van der Waals surface area contributed by atoms with E-state index in [-0.39, 0.29) is 4.91 Å². The predicted octanol–water partition coefficient (Wildman–Crippen LogP) is 6.40. The van der Waals surface area contributed by atoms with Gasteiger partial charge < -0.3 is 0 Å². The second kappa shape index (κ2) is 9.75. The molecule has 160 valence electrons. The Morgan fingerprint density at radius 2 is 1.97 bits per heavy atom. The Balaban J connectivity index is 1.89. The van der Waals surface area contributed by atoms with Crippen molar-refractivity contribution in [3.63, 3.8) is 0 Å². The Morgan fingerprint density at radius 1 is 1.16 bits per heavy atom. The SMILES string of the molecule is C=C(/C=C(\C=C/C)S(=O)(=O)Nc1ccc(-c2cnccc2C)c(C)c1)C1=CC=CCC1. The number of anilines is 1. The summed E-state index contributed by atoms with van der Waals surface area (Å²) in [7, 11) is -3.77. The average Bonchev–Trinajstić information content (AvgIpc) is 2.74. The topological polar surface area (TPSA) is 59.1 Å². The van der Waals surface area contributed by atoms with Gasteiger partial charge >= 0.3 is 0 Å². The van der Waals surface area contributed by atoms with Crippen LogP contribution in [0, 0.1) is 13.8 Å². The zero-order valence-corrected chi connectivity index (χ0v) is 19.0. The van der Waals surface area contributed by atoms with Crippen LogP contribution in [0.5, 0.6) is 0 Å². The third-order valence-electron chi connectivity index (χ3n) is 5.19. The minimum absolute atomic E-state index is 0.181. The van der Waals surface area contributed by atoms with E-state index in [1.54, 1.807) is 37.4 Å². The van der Waals surface area contributed by atoms with Crippen molar-refractivity contribution in [3.8, 4) is 11.1 Å². The first kappa shape index (κ1) is 22.5. The van der Waals surface area contributed by atoms with E-state index in [4.69, 9.17) is 0 Å². The van der Waals surface area contributed by atoms with Crippen molar-refractivity contribution < 1.29 is 8.42 Å². The summed E-state index contributed by atoms with van der Waals surface area (Å²) in [5, 5.41) is 0. The van der Waals surface area contributed by atoms with Crippen LogP contribution in [0.1, 0.15) is 30.9 Å². The molecule has 0 bridgehead atoms. The van der Waals surface area contributed by atoms with Crippen LogP contribution in [0.25, 0.3) is 11.1 Å². The number of allylic oxidation sites excluding steroid dienone is 8. The summed E-state index contributed by atoms with van der Waals surface area (Å²) < 4.78 is 28.9. The lowest BCUT2D eigenvalue weighted by atomic mass is 9.98. The van der Waals surface area contributed by atoms with Gasteiger partial charge in [0.25, 0.3) is 10.0 Å². The number of aromatic nitrogens is 1. The van der Waals surface area contributed by atoms with Crippen LogP contribution < -0.4 is 4.72 Å². The fourth-order valence-electron chi connectivity index (χ4n) is 3.50. The lowest BCUT2D eigenvalue weighted by Gasteiger charge is -2.14. The molecule has 0 unspecified atom stereocenters. The number of sulfonamides is 1. The summed E-state index contributed by atoms with van der Waals surface area (Å²) in [6.07, 6.45) is 16.4. The van der Waals surface area contributed by atoms with E-state index < -0.39 is 10.0 Å². The van der Waals surface area contributed by atoms with Crippen LogP contribution in [0.2, 0.25) is 0 Å². The average molecular weight is 433 g/mol. The zero-order chi connectivity index (χ0) is 22.4. The van der Waals surface area contributed by atoms with Gasteiger partial charge in [-0.1, -0.05) is 36.9 Å². The Kier molecular flexibility index (Phi) is 7.08. The molecule has 31 heavy (non-hydrogen) atoms. The lowest BCUT2D eigenvalue weighted by Crippen LogP contribution is -2.14. The van der Waals surface area contributed by atoms with Gasteiger partial charge in [0.1, 0.15) is 0 Å². The van der Waals surface area contributed by atoms with Crippen LogP contribution in [0.3, 0.4) is 0 Å². The van der Waals surface area contributed by atoms with Gasteiger partial charge in [-0.05, 0) is 91.8 Å². The third kappa shape index (κ3) is 5.50. The first-order valence-corrected chi connectivity index (χ1v) is 11.7. The molecule has 1 aliphatic rings. The number of hydrogen-bond acceptors (Lipinski definition) is 3. The molecular formula is C26H28N2O2S. The molecule has 2 aromatic rings. The van der Waals surface area contributed by atoms with Crippen molar-refractivity contribution in [1.82, 2.24) is 4.98 Å². The van der Waals surface area contributed by atoms with Gasteiger partial charge in [0.2, 0.25) is 0 Å². The van der Waals surface area contributed by atoms with E-state index >= 15 is 0 Å². The Morgan fingerprint density at radius 3 is 2.61 bits per heavy atom. The van der Waals surface area contributed by atoms with Crippen molar-refractivity contribution >= 4 is 15.7 Å². The monoisotopic (exact) mass is 432 g/mol. The number of rotatable bonds is 7. The van der Waals surface area contributed by atoms with Gasteiger partial charge in [-0.15, -0.1) is 0 Å². The molecule has 1 aliphatic carbocycles. The Hall–Kier alpha value is -3.18. The van der Waals surface area contributed by atoms with Gasteiger partial charge in [-0.2, -0.15) is 0 Å². The van der Waals surface area contributed by atoms with E-state index in [0.717, 1.165) is 40.7 Å². The van der Waals surface area contributed by atoms with Crippen molar-refractivity contribution in [2.45, 2.75) is 33.6 Å². The lowest BCUT2D eigenvalue weighted by molar-refractivity contribution is 0.607. The summed E-state index contributed by atoms with van der Waals surface area (Å²) in [6, 6.07) is 7.51. The van der Waals surface area contributed by atoms with Crippen LogP contribution in [0.15, 0.2) is 95.7 Å². The molecule has 0 amide bonds. The van der Waals surface area contributed by atoms with Crippen LogP contribution >= 0.6 is 0 Å². The number of nitrogens with one attached hydrogen (secondary N) is 1. The molecule has 1 heterocycles. The van der Waals surface area contributed by atoms with Crippen molar-refractivity contribution in [3.05, 3.63) is 107 Å². The van der Waals surface area contributed by atoms with Crippen molar-refractivity contribution in [2.75, 3.05) is 4.72 Å². The molecule has 4 nitrogen and oxygen atoms in total. The van der Waals surface area contributed by atoms with E-state index in [0.29, 0.717) is 11.3 Å². The highest BCUT2D eigenvalue weighted by Gasteiger charge is 2.17. The summed E-state index contributed by atoms with van der Waals surface area (Å²) in [5.41, 5.74) is 6.43. The third-order valence-corrected chi connectivity index (χ3v) is 6.57. The van der Waals surface area contributed by atoms with E-state index in [2.05, 4.69) is 22.4 Å². The van der Waals surface area contributed by atoms with Gasteiger partial charge in [-0.3, -0.25) is 9.71 Å². The molecule has 0 saturated carbocycles. The number of pyridine rings is 1. The molecule has 0 saturated heterocycles. The summed E-state index contributed by atoms with van der Waals surface area (Å²) >= 11 is 0. The van der Waals surface area contributed by atoms with E-state index in [9.17, 15) is 8.42 Å². The van der Waals surface area contributed by atoms with Gasteiger partial charge in [-0.25, -0.2) is 8.42 Å². The molecule has 3 rings (SSSR count). The van der Waals surface area contributed by atoms with E-state index in [1.165, 1.54) is 0 Å². The molecule has 5 heteroatoms. The molecule has 1 aromatic heterocycles. The zero-order valence-electron chi connectivity index (χ0n) is 18.2. The van der Waals surface area contributed by atoms with Crippen LogP contribution in [-0.4, -0.2) is 13.4 Å². The highest BCUT2D eigenvalue weighted by atomic mass is 32.2. The van der Waals surface area contributed by atoms with Crippen molar-refractivity contribution in [1.29, 1.82) is 0 Å². The number of aryl methyl sites for hydroxylation is 2. The quantitative estimate of drug-likeness (QED) is 0.515. The second-order valence-electron chi connectivity index (χ2n) is 7.56. The minimum atomic E-state index is -3.77. The Bertz CT molecular complexity index is 1220. The standard InChI is InChI=1S/C26H28N2O2S/c1-5-9-24(17-20(3)22-10-7-6-8-11-22)31(29,30)28-23-12-13-25(21(4)16-23)26-18-27-15-14-19(26)2/h5-7,9-10,12-18,28H,3,8,11H2,1-2,4H3/b9-5-,24-17+. The summed E-state index contributed by atoms with van der Waals surface area (Å²) in [4.78, 5) is 4.39. The molecule has 0 atom stereocenters. The molecule has 0 radical (unpaired) electrons. The van der Waals surface area contributed by atoms with Gasteiger partial charge in [0.15, 0.2) is 0 Å². The smallest absolute Gasteiger partial charge is 0.261 e. The fraction of sp³-hybridized carbons (Fsp3) is 0.192. The molecular weight excluding hydrogens is 404 g/mol. The summed E-state index contributed by atoms with van der Waals surface area (Å²) in [5.74, 6) is 0. The molecule has 1 aromatic carbocycles. The van der Waals surface area contributed by atoms with Crippen LogP contribution in [-0.2, 0) is 10.0 Å². The van der Waals surface area contributed by atoms with E-state index in [1.807, 2.05) is 50.4 Å². The fourth-order valence-corrected chi connectivity index (χ4v) is 4.67. The molecule has 0 spiro atoms. The minimum Gasteiger partial charge on any atom is -0.280 e. The molecule has 0 fully saturated rings. The first-order chi connectivity index (χ1) is 14.8. The number of benzene rings is 1. The summed E-state index contributed by atoms with van der Waals surface area (Å²) in [6.45, 7) is 9.87. The Labute approximate surface area is 185 Å². The van der Waals surface area contributed by atoms with Gasteiger partial charge in [0.05, 0.1) is 4.91 Å². The molecule has 0 aliphatic heterocycles. The largest absolute Gasteiger partial charge is 0.280 e. The highest BCUT2D eigenvalue weighted by molar-refractivity contribution is 7.96. The maximum absolute atomic E-state index is 13.1. The maximum atomic E-state index is 13.1. The highest BCUT2D eigenvalue weighted by Crippen LogP contribution is 2.29. The van der Waals surface area contributed by atoms with Crippen molar-refractivity contribution in [2.24, 2.45) is 0 Å². The number of nitrogens with zero attached hydrogens (tertiary/aromatic N) is 1. The molecule has 1 N–H and O–H groups in total. The first-order valence-electron chi connectivity index (χ1n) is 10.3. The second-order valence-corrected chi connectivity index (χ2v) is 9.24. The number of hydrogen-bond donors (Lipinski definition) is 1. The maximum Gasteiger partial charge on any atom is 0.261 e. The van der Waals surface area contributed by atoms with Gasteiger partial charge in [0, 0.05) is 23.6 Å². The normalized spacial score (nSPS) is 14.5. The van der Waals surface area contributed by atoms with Crippen LogP contribution in [0.4, 0.5) is 5.69 Å².